The molecule has 1 nitrogen and oxygen atoms in total. The van der Waals surface area contributed by atoms with Gasteiger partial charge in [-0.05, 0) is 6.42 Å². The smallest absolute Gasteiger partial charge is 0.252 e. The van der Waals surface area contributed by atoms with E-state index in [9.17, 15) is 8.78 Å². The molecule has 0 radical (unpaired) electrons. The SMILES string of the molecule is CCC(C)C(F)(F)CCOC. The summed E-state index contributed by atoms with van der Waals surface area (Å²) < 4.78 is 30.4. The van der Waals surface area contributed by atoms with Crippen LogP contribution in [0.3, 0.4) is 0 Å². The van der Waals surface area contributed by atoms with Crippen molar-refractivity contribution in [2.45, 2.75) is 32.6 Å². The number of rotatable bonds is 5. The molecule has 1 unspecified atom stereocenters. The first kappa shape index (κ1) is 10.8. The highest BCUT2D eigenvalue weighted by Crippen LogP contribution is 2.29. The monoisotopic (exact) mass is 166 g/mol. The first-order valence-corrected chi connectivity index (χ1v) is 3.91. The summed E-state index contributed by atoms with van der Waals surface area (Å²) in [6.07, 6.45) is 0.342. The largest absolute Gasteiger partial charge is 0.384 e. The lowest BCUT2D eigenvalue weighted by atomic mass is 9.98. The number of hydrogen-bond donors (Lipinski definition) is 0. The van der Waals surface area contributed by atoms with E-state index in [0.717, 1.165) is 0 Å². The Kier molecular flexibility index (Phi) is 4.57. The third-order valence-corrected chi connectivity index (χ3v) is 1.97. The molecule has 11 heavy (non-hydrogen) atoms. The van der Waals surface area contributed by atoms with Gasteiger partial charge in [-0.1, -0.05) is 13.8 Å². The third kappa shape index (κ3) is 3.65. The second kappa shape index (κ2) is 4.65. The van der Waals surface area contributed by atoms with Crippen molar-refractivity contribution in [3.63, 3.8) is 0 Å². The number of halogens is 2. The molecule has 0 N–H and O–H groups in total. The molecule has 0 amide bonds. The van der Waals surface area contributed by atoms with E-state index in [1.807, 2.05) is 0 Å². The second-order valence-corrected chi connectivity index (χ2v) is 2.81. The zero-order chi connectivity index (χ0) is 8.91. The second-order valence-electron chi connectivity index (χ2n) is 2.81. The number of methoxy groups -OCH3 is 1. The summed E-state index contributed by atoms with van der Waals surface area (Å²) in [4.78, 5) is 0. The van der Waals surface area contributed by atoms with Gasteiger partial charge in [0.15, 0.2) is 0 Å². The van der Waals surface area contributed by atoms with E-state index in [4.69, 9.17) is 0 Å². The highest BCUT2D eigenvalue weighted by atomic mass is 19.3. The number of ether oxygens (including phenoxy) is 1. The van der Waals surface area contributed by atoms with Crippen molar-refractivity contribution in [3.05, 3.63) is 0 Å². The van der Waals surface area contributed by atoms with Crippen LogP contribution in [0.2, 0.25) is 0 Å². The molecule has 0 aliphatic heterocycles. The summed E-state index contributed by atoms with van der Waals surface area (Å²) in [5, 5.41) is 0. The Hall–Kier alpha value is -0.180. The molecular weight excluding hydrogens is 150 g/mol. The van der Waals surface area contributed by atoms with Crippen molar-refractivity contribution < 1.29 is 13.5 Å². The van der Waals surface area contributed by atoms with E-state index in [2.05, 4.69) is 4.74 Å². The Labute approximate surface area is 66.7 Å². The fourth-order valence-electron chi connectivity index (χ4n) is 0.783. The van der Waals surface area contributed by atoms with Gasteiger partial charge in [-0.15, -0.1) is 0 Å². The van der Waals surface area contributed by atoms with Crippen LogP contribution in [0.1, 0.15) is 26.7 Å². The predicted octanol–water partition coefficient (Wildman–Crippen LogP) is 2.70. The Morgan fingerprint density at radius 1 is 1.45 bits per heavy atom. The fourth-order valence-corrected chi connectivity index (χ4v) is 0.783. The Morgan fingerprint density at radius 3 is 2.36 bits per heavy atom. The molecule has 3 heteroatoms. The fraction of sp³-hybridized carbons (Fsp3) is 1.00. The molecule has 0 bridgehead atoms. The van der Waals surface area contributed by atoms with Crippen LogP contribution >= 0.6 is 0 Å². The molecular formula is C8H16F2O. The summed E-state index contributed by atoms with van der Waals surface area (Å²) in [5.74, 6) is -3.11. The average Bonchev–Trinajstić information content (AvgIpc) is 1.99. The predicted molar refractivity (Wildman–Crippen MR) is 40.9 cm³/mol. The van der Waals surface area contributed by atoms with Crippen LogP contribution in [0.4, 0.5) is 8.78 Å². The lowest BCUT2D eigenvalue weighted by Gasteiger charge is -2.21. The quantitative estimate of drug-likeness (QED) is 0.610. The van der Waals surface area contributed by atoms with Crippen molar-refractivity contribution in [2.75, 3.05) is 13.7 Å². The molecule has 0 aromatic carbocycles. The number of alkyl halides is 2. The van der Waals surface area contributed by atoms with Crippen LogP contribution in [-0.4, -0.2) is 19.6 Å². The molecule has 0 rings (SSSR count). The molecule has 0 aliphatic rings. The molecule has 0 aromatic heterocycles. The highest BCUT2D eigenvalue weighted by molar-refractivity contribution is 4.71. The average molecular weight is 166 g/mol. The van der Waals surface area contributed by atoms with Crippen LogP contribution in [-0.2, 0) is 4.74 Å². The maximum Gasteiger partial charge on any atom is 0.252 e. The van der Waals surface area contributed by atoms with Crippen molar-refractivity contribution in [3.8, 4) is 0 Å². The standard InChI is InChI=1S/C8H16F2O/c1-4-7(2)8(9,10)5-6-11-3/h7H,4-6H2,1-3H3. The van der Waals surface area contributed by atoms with Crippen LogP contribution in [0.25, 0.3) is 0 Å². The summed E-state index contributed by atoms with van der Waals surface area (Å²) >= 11 is 0. The summed E-state index contributed by atoms with van der Waals surface area (Å²) in [6.45, 7) is 3.47. The molecule has 0 fully saturated rings. The third-order valence-electron chi connectivity index (χ3n) is 1.97. The zero-order valence-electron chi connectivity index (χ0n) is 7.36. The highest BCUT2D eigenvalue weighted by Gasteiger charge is 2.34. The summed E-state index contributed by atoms with van der Waals surface area (Å²) in [5.41, 5.74) is 0. The maximum atomic E-state index is 12.9. The van der Waals surface area contributed by atoms with Gasteiger partial charge in [-0.3, -0.25) is 0 Å². The van der Waals surface area contributed by atoms with Crippen LogP contribution < -0.4 is 0 Å². The summed E-state index contributed by atoms with van der Waals surface area (Å²) in [6, 6.07) is 0. The summed E-state index contributed by atoms with van der Waals surface area (Å²) in [7, 11) is 1.44. The molecule has 0 aromatic rings. The van der Waals surface area contributed by atoms with Gasteiger partial charge in [0, 0.05) is 19.4 Å². The van der Waals surface area contributed by atoms with E-state index in [1.165, 1.54) is 7.11 Å². The van der Waals surface area contributed by atoms with Gasteiger partial charge in [0.1, 0.15) is 0 Å². The van der Waals surface area contributed by atoms with Crippen molar-refractivity contribution in [1.82, 2.24) is 0 Å². The van der Waals surface area contributed by atoms with Gasteiger partial charge in [0.25, 0.3) is 5.92 Å². The zero-order valence-corrected chi connectivity index (χ0v) is 7.36. The molecule has 1 atom stereocenters. The van der Waals surface area contributed by atoms with Crippen molar-refractivity contribution in [1.29, 1.82) is 0 Å². The van der Waals surface area contributed by atoms with Gasteiger partial charge in [-0.25, -0.2) is 8.78 Å². The van der Waals surface area contributed by atoms with Gasteiger partial charge in [0.2, 0.25) is 0 Å². The first-order valence-electron chi connectivity index (χ1n) is 3.91. The Balaban J connectivity index is 3.77. The maximum absolute atomic E-state index is 12.9. The van der Waals surface area contributed by atoms with Crippen molar-refractivity contribution >= 4 is 0 Å². The molecule has 0 heterocycles. The van der Waals surface area contributed by atoms with Gasteiger partial charge in [0.05, 0.1) is 6.61 Å². The molecule has 68 valence electrons. The lowest BCUT2D eigenvalue weighted by Crippen LogP contribution is -2.27. The Bertz CT molecular complexity index is 104. The lowest BCUT2D eigenvalue weighted by molar-refractivity contribution is -0.0732. The molecule has 0 aliphatic carbocycles. The van der Waals surface area contributed by atoms with Crippen LogP contribution in [0, 0.1) is 5.92 Å². The van der Waals surface area contributed by atoms with Crippen LogP contribution in [0.5, 0.6) is 0 Å². The van der Waals surface area contributed by atoms with E-state index in [-0.39, 0.29) is 13.0 Å². The molecule has 0 spiro atoms. The van der Waals surface area contributed by atoms with E-state index < -0.39 is 11.8 Å². The van der Waals surface area contributed by atoms with Gasteiger partial charge in [-0.2, -0.15) is 0 Å². The number of hydrogen-bond acceptors (Lipinski definition) is 1. The minimum atomic E-state index is -2.56. The van der Waals surface area contributed by atoms with Crippen LogP contribution in [0.15, 0.2) is 0 Å². The minimum absolute atomic E-state index is 0.136. The minimum Gasteiger partial charge on any atom is -0.384 e. The topological polar surface area (TPSA) is 9.23 Å². The first-order chi connectivity index (χ1) is 5.04. The normalized spacial score (nSPS) is 15.0. The molecule has 0 saturated carbocycles. The van der Waals surface area contributed by atoms with Crippen molar-refractivity contribution in [2.24, 2.45) is 5.92 Å². The Morgan fingerprint density at radius 2 is 2.00 bits per heavy atom. The van der Waals surface area contributed by atoms with E-state index in [1.54, 1.807) is 13.8 Å². The van der Waals surface area contributed by atoms with E-state index in [0.29, 0.717) is 6.42 Å². The molecule has 0 saturated heterocycles. The van der Waals surface area contributed by atoms with E-state index >= 15 is 0 Å². The van der Waals surface area contributed by atoms with Gasteiger partial charge < -0.3 is 4.74 Å². The van der Waals surface area contributed by atoms with Gasteiger partial charge >= 0.3 is 0 Å².